The molecule has 0 spiro atoms. The fraction of sp³-hybridized carbons (Fsp3) is 0. The molecule has 28 heavy (non-hydrogen) atoms. The number of rotatable bonds is 5. The maximum atomic E-state index is 12.7. The van der Waals surface area contributed by atoms with E-state index in [2.05, 4.69) is 15.3 Å². The molecule has 0 radical (unpaired) electrons. The van der Waals surface area contributed by atoms with Crippen LogP contribution in [0.5, 0.6) is 11.5 Å². The molecule has 0 atom stereocenters. The average Bonchev–Trinajstić information content (AvgIpc) is 3.15. The molecule has 4 aromatic rings. The predicted molar refractivity (Wildman–Crippen MR) is 106 cm³/mol. The SMILES string of the molecule is NC(=O)c1nc2c(C(=O)Nc3ccc(Oc4ccccc4)cc3)cccc2[nH]1. The van der Waals surface area contributed by atoms with Crippen LogP contribution in [-0.2, 0) is 0 Å². The summed E-state index contributed by atoms with van der Waals surface area (Å²) in [6, 6.07) is 21.5. The highest BCUT2D eigenvalue weighted by molar-refractivity contribution is 6.12. The van der Waals surface area contributed by atoms with Gasteiger partial charge in [0.25, 0.3) is 11.8 Å². The summed E-state index contributed by atoms with van der Waals surface area (Å²) in [5.41, 5.74) is 7.14. The van der Waals surface area contributed by atoms with E-state index in [9.17, 15) is 9.59 Å². The standard InChI is InChI=1S/C21H16N4O3/c22-19(26)20-24-17-8-4-7-16(18(17)25-20)21(27)23-13-9-11-15(12-10-13)28-14-5-2-1-3-6-14/h1-12H,(H2,22,26)(H,23,27)(H,24,25). The van der Waals surface area contributed by atoms with Gasteiger partial charge in [-0.1, -0.05) is 24.3 Å². The molecule has 2 amide bonds. The highest BCUT2D eigenvalue weighted by atomic mass is 16.5. The lowest BCUT2D eigenvalue weighted by atomic mass is 10.1. The minimum Gasteiger partial charge on any atom is -0.457 e. The minimum absolute atomic E-state index is 0.0117. The fourth-order valence-electron chi connectivity index (χ4n) is 2.76. The first-order valence-electron chi connectivity index (χ1n) is 8.53. The Kier molecular flexibility index (Phi) is 4.47. The van der Waals surface area contributed by atoms with Crippen molar-refractivity contribution in [3.05, 3.63) is 84.2 Å². The molecule has 0 saturated heterocycles. The zero-order chi connectivity index (χ0) is 19.5. The van der Waals surface area contributed by atoms with Gasteiger partial charge in [0, 0.05) is 5.69 Å². The quantitative estimate of drug-likeness (QED) is 0.496. The smallest absolute Gasteiger partial charge is 0.284 e. The highest BCUT2D eigenvalue weighted by Crippen LogP contribution is 2.23. The summed E-state index contributed by atoms with van der Waals surface area (Å²) in [5, 5.41) is 2.82. The van der Waals surface area contributed by atoms with Gasteiger partial charge in [0.15, 0.2) is 5.82 Å². The van der Waals surface area contributed by atoms with Gasteiger partial charge >= 0.3 is 0 Å². The number of primary amides is 1. The number of imidazole rings is 1. The number of amides is 2. The van der Waals surface area contributed by atoms with E-state index in [1.807, 2.05) is 30.3 Å². The van der Waals surface area contributed by atoms with Gasteiger partial charge in [0.05, 0.1) is 11.1 Å². The third-order valence-corrected chi connectivity index (χ3v) is 4.08. The van der Waals surface area contributed by atoms with Crippen LogP contribution in [0.25, 0.3) is 11.0 Å². The monoisotopic (exact) mass is 372 g/mol. The van der Waals surface area contributed by atoms with Crippen molar-refractivity contribution in [2.24, 2.45) is 5.73 Å². The number of carbonyl (C=O) groups excluding carboxylic acids is 2. The van der Waals surface area contributed by atoms with Crippen molar-refractivity contribution in [1.82, 2.24) is 9.97 Å². The Labute approximate surface area is 160 Å². The molecule has 0 aliphatic rings. The van der Waals surface area contributed by atoms with E-state index in [1.54, 1.807) is 42.5 Å². The van der Waals surface area contributed by atoms with Gasteiger partial charge in [-0.3, -0.25) is 9.59 Å². The van der Waals surface area contributed by atoms with Crippen molar-refractivity contribution in [2.45, 2.75) is 0 Å². The second kappa shape index (κ2) is 7.24. The second-order valence-electron chi connectivity index (χ2n) is 6.05. The summed E-state index contributed by atoms with van der Waals surface area (Å²) in [7, 11) is 0. The summed E-state index contributed by atoms with van der Waals surface area (Å²) in [6.45, 7) is 0. The molecule has 0 bridgehead atoms. The van der Waals surface area contributed by atoms with Gasteiger partial charge in [0.1, 0.15) is 17.0 Å². The summed E-state index contributed by atoms with van der Waals surface area (Å²) in [5.74, 6) is 0.374. The van der Waals surface area contributed by atoms with Crippen molar-refractivity contribution >= 4 is 28.5 Å². The molecular formula is C21H16N4O3. The van der Waals surface area contributed by atoms with Crippen LogP contribution < -0.4 is 15.8 Å². The van der Waals surface area contributed by atoms with E-state index in [4.69, 9.17) is 10.5 Å². The number of anilines is 1. The lowest BCUT2D eigenvalue weighted by Crippen LogP contribution is -2.13. The van der Waals surface area contributed by atoms with Crippen LogP contribution in [0.15, 0.2) is 72.8 Å². The number of hydrogen-bond acceptors (Lipinski definition) is 4. The average molecular weight is 372 g/mol. The molecule has 0 fully saturated rings. The van der Waals surface area contributed by atoms with Crippen molar-refractivity contribution in [3.63, 3.8) is 0 Å². The normalized spacial score (nSPS) is 10.6. The van der Waals surface area contributed by atoms with Crippen molar-refractivity contribution in [2.75, 3.05) is 5.32 Å². The Morgan fingerprint density at radius 1 is 0.893 bits per heavy atom. The molecule has 138 valence electrons. The van der Waals surface area contributed by atoms with E-state index in [0.717, 1.165) is 5.75 Å². The number of ether oxygens (including phenoxy) is 1. The Morgan fingerprint density at radius 2 is 1.61 bits per heavy atom. The summed E-state index contributed by atoms with van der Waals surface area (Å²) < 4.78 is 5.74. The molecule has 1 aromatic heterocycles. The number of benzene rings is 3. The van der Waals surface area contributed by atoms with Gasteiger partial charge in [0.2, 0.25) is 0 Å². The molecule has 4 N–H and O–H groups in total. The van der Waals surface area contributed by atoms with Crippen LogP contribution in [-0.4, -0.2) is 21.8 Å². The van der Waals surface area contributed by atoms with Crippen molar-refractivity contribution < 1.29 is 14.3 Å². The lowest BCUT2D eigenvalue weighted by molar-refractivity contribution is 0.0989. The van der Waals surface area contributed by atoms with Crippen molar-refractivity contribution in [1.29, 1.82) is 0 Å². The van der Waals surface area contributed by atoms with Gasteiger partial charge < -0.3 is 20.8 Å². The van der Waals surface area contributed by atoms with Gasteiger partial charge in [-0.2, -0.15) is 0 Å². The van der Waals surface area contributed by atoms with Gasteiger partial charge in [-0.05, 0) is 48.5 Å². The van der Waals surface area contributed by atoms with E-state index in [1.165, 1.54) is 0 Å². The number of carbonyl (C=O) groups is 2. The Balaban J connectivity index is 1.52. The Hall–Kier alpha value is -4.13. The molecule has 7 heteroatoms. The fourth-order valence-corrected chi connectivity index (χ4v) is 2.76. The number of hydrogen-bond donors (Lipinski definition) is 3. The molecule has 1 heterocycles. The topological polar surface area (TPSA) is 110 Å². The first-order chi connectivity index (χ1) is 13.6. The maximum Gasteiger partial charge on any atom is 0.284 e. The van der Waals surface area contributed by atoms with E-state index in [0.29, 0.717) is 28.0 Å². The molecule has 0 aliphatic carbocycles. The van der Waals surface area contributed by atoms with Crippen LogP contribution in [0.2, 0.25) is 0 Å². The third kappa shape index (κ3) is 3.54. The zero-order valence-electron chi connectivity index (χ0n) is 14.7. The van der Waals surface area contributed by atoms with Crippen LogP contribution in [0.1, 0.15) is 21.0 Å². The summed E-state index contributed by atoms with van der Waals surface area (Å²) >= 11 is 0. The van der Waals surface area contributed by atoms with Crippen LogP contribution in [0.3, 0.4) is 0 Å². The molecular weight excluding hydrogens is 356 g/mol. The first-order valence-corrected chi connectivity index (χ1v) is 8.53. The maximum absolute atomic E-state index is 12.7. The molecule has 0 unspecified atom stereocenters. The number of nitrogens with two attached hydrogens (primary N) is 1. The first kappa shape index (κ1) is 17.3. The number of aromatic amines is 1. The molecule has 0 saturated carbocycles. The van der Waals surface area contributed by atoms with Crippen molar-refractivity contribution in [3.8, 4) is 11.5 Å². The van der Waals surface area contributed by atoms with Crippen LogP contribution in [0, 0.1) is 0 Å². The largest absolute Gasteiger partial charge is 0.457 e. The number of aromatic nitrogens is 2. The molecule has 4 rings (SSSR count). The summed E-state index contributed by atoms with van der Waals surface area (Å²) in [4.78, 5) is 30.9. The Bertz CT molecular complexity index is 1150. The van der Waals surface area contributed by atoms with Crippen LogP contribution in [0.4, 0.5) is 5.69 Å². The van der Waals surface area contributed by atoms with Crippen LogP contribution >= 0.6 is 0 Å². The third-order valence-electron chi connectivity index (χ3n) is 4.08. The minimum atomic E-state index is -0.684. The molecule has 7 nitrogen and oxygen atoms in total. The number of H-pyrrole nitrogens is 1. The number of nitrogens with zero attached hydrogens (tertiary/aromatic N) is 1. The number of nitrogens with one attached hydrogen (secondary N) is 2. The summed E-state index contributed by atoms with van der Waals surface area (Å²) in [6.07, 6.45) is 0. The van der Waals surface area contributed by atoms with Gasteiger partial charge in [-0.25, -0.2) is 4.98 Å². The van der Waals surface area contributed by atoms with E-state index >= 15 is 0 Å². The second-order valence-corrected chi connectivity index (χ2v) is 6.05. The number of para-hydroxylation sites is 2. The molecule has 3 aromatic carbocycles. The molecule has 0 aliphatic heterocycles. The van der Waals surface area contributed by atoms with E-state index < -0.39 is 5.91 Å². The highest BCUT2D eigenvalue weighted by Gasteiger charge is 2.15. The predicted octanol–water partition coefficient (Wildman–Crippen LogP) is 3.71. The van der Waals surface area contributed by atoms with Gasteiger partial charge in [-0.15, -0.1) is 0 Å². The lowest BCUT2D eigenvalue weighted by Gasteiger charge is -2.08. The number of fused-ring (bicyclic) bond motifs is 1. The van der Waals surface area contributed by atoms with E-state index in [-0.39, 0.29) is 11.7 Å². The zero-order valence-corrected chi connectivity index (χ0v) is 14.7. The Morgan fingerprint density at radius 3 is 2.32 bits per heavy atom.